The molecule has 1 amide bonds. The Morgan fingerprint density at radius 1 is 1.47 bits per heavy atom. The van der Waals surface area contributed by atoms with E-state index in [0.717, 1.165) is 12.8 Å². The molecule has 3 heteroatoms. The third-order valence-corrected chi connectivity index (χ3v) is 3.29. The molecular weight excluding hydrogens is 212 g/mol. The lowest BCUT2D eigenvalue weighted by Gasteiger charge is -2.30. The highest BCUT2D eigenvalue weighted by Crippen LogP contribution is 2.34. The first-order valence-electron chi connectivity index (χ1n) is 6.21. The molecule has 0 spiro atoms. The van der Waals surface area contributed by atoms with Crippen molar-refractivity contribution in [2.45, 2.75) is 44.7 Å². The summed E-state index contributed by atoms with van der Waals surface area (Å²) in [6.07, 6.45) is 1.69. The smallest absolute Gasteiger partial charge is 0.228 e. The minimum Gasteiger partial charge on any atom is -0.353 e. The molecule has 0 aromatic heterocycles. The molecule has 1 aromatic carbocycles. The minimum absolute atomic E-state index is 0.0433. The lowest BCUT2D eigenvalue weighted by Crippen LogP contribution is -2.42. The van der Waals surface area contributed by atoms with Gasteiger partial charge in [0.1, 0.15) is 0 Å². The van der Waals surface area contributed by atoms with E-state index in [4.69, 9.17) is 5.73 Å². The number of nitrogens with two attached hydrogens (primary N) is 1. The summed E-state index contributed by atoms with van der Waals surface area (Å²) in [5.41, 5.74) is 8.19. The van der Waals surface area contributed by atoms with E-state index in [1.54, 1.807) is 0 Å². The molecule has 92 valence electrons. The molecular formula is C14H20N2O. The van der Waals surface area contributed by atoms with Crippen molar-refractivity contribution in [3.05, 3.63) is 35.4 Å². The van der Waals surface area contributed by atoms with Gasteiger partial charge in [0, 0.05) is 12.1 Å². The van der Waals surface area contributed by atoms with E-state index < -0.39 is 0 Å². The molecule has 3 nitrogen and oxygen atoms in total. The lowest BCUT2D eigenvalue weighted by atomic mass is 9.77. The van der Waals surface area contributed by atoms with Gasteiger partial charge in [-0.1, -0.05) is 24.3 Å². The van der Waals surface area contributed by atoms with Gasteiger partial charge in [0.25, 0.3) is 0 Å². The van der Waals surface area contributed by atoms with Crippen LogP contribution in [0.1, 0.15) is 37.3 Å². The molecule has 0 radical (unpaired) electrons. The zero-order valence-corrected chi connectivity index (χ0v) is 10.4. The largest absolute Gasteiger partial charge is 0.353 e. The van der Waals surface area contributed by atoms with Crippen LogP contribution in [0, 0.1) is 0 Å². The Bertz CT molecular complexity index is 414. The van der Waals surface area contributed by atoms with Crippen molar-refractivity contribution < 1.29 is 4.79 Å². The molecule has 17 heavy (non-hydrogen) atoms. The van der Waals surface area contributed by atoms with Gasteiger partial charge in [-0.25, -0.2) is 0 Å². The number of amides is 1. The molecule has 3 N–H and O–H groups in total. The van der Waals surface area contributed by atoms with Crippen LogP contribution in [0.4, 0.5) is 0 Å². The Balaban J connectivity index is 1.91. The summed E-state index contributed by atoms with van der Waals surface area (Å²) in [6, 6.07) is 8.41. The van der Waals surface area contributed by atoms with E-state index in [-0.39, 0.29) is 23.9 Å². The number of nitrogens with one attached hydrogen (secondary N) is 1. The molecule has 3 unspecified atom stereocenters. The highest BCUT2D eigenvalue weighted by Gasteiger charge is 2.32. The monoisotopic (exact) mass is 232 g/mol. The van der Waals surface area contributed by atoms with Gasteiger partial charge in [-0.2, -0.15) is 0 Å². The zero-order chi connectivity index (χ0) is 12.4. The van der Waals surface area contributed by atoms with Crippen LogP contribution in [-0.4, -0.2) is 18.0 Å². The first-order valence-corrected chi connectivity index (χ1v) is 6.21. The highest BCUT2D eigenvalue weighted by molar-refractivity contribution is 5.87. The van der Waals surface area contributed by atoms with Gasteiger partial charge in [0.2, 0.25) is 5.91 Å². The third-order valence-electron chi connectivity index (χ3n) is 3.29. The second kappa shape index (κ2) is 4.88. The molecule has 0 bridgehead atoms. The predicted octanol–water partition coefficient (Wildman–Crippen LogP) is 1.57. The van der Waals surface area contributed by atoms with Crippen LogP contribution < -0.4 is 11.1 Å². The van der Waals surface area contributed by atoms with Crippen molar-refractivity contribution in [3.8, 4) is 0 Å². The number of carbonyl (C=O) groups is 1. The Morgan fingerprint density at radius 2 is 2.18 bits per heavy atom. The summed E-state index contributed by atoms with van der Waals surface area (Å²) < 4.78 is 0. The van der Waals surface area contributed by atoms with E-state index in [9.17, 15) is 4.79 Å². The van der Waals surface area contributed by atoms with Gasteiger partial charge in [-0.05, 0) is 37.8 Å². The summed E-state index contributed by atoms with van der Waals surface area (Å²) in [4.78, 5) is 12.0. The summed E-state index contributed by atoms with van der Waals surface area (Å²) in [5.74, 6) is 0.179. The number of rotatable bonds is 4. The van der Waals surface area contributed by atoms with Gasteiger partial charge in [-0.3, -0.25) is 4.79 Å². The van der Waals surface area contributed by atoms with Gasteiger partial charge < -0.3 is 11.1 Å². The quantitative estimate of drug-likeness (QED) is 0.828. The number of hydrogen-bond acceptors (Lipinski definition) is 2. The fraction of sp³-hybridized carbons (Fsp3) is 0.500. The number of fused-ring (bicyclic) bond motifs is 1. The van der Waals surface area contributed by atoms with Crippen LogP contribution in [0.2, 0.25) is 0 Å². The minimum atomic E-state index is 0.0433. The normalized spacial score (nSPS) is 21.0. The average Bonchev–Trinajstić information content (AvgIpc) is 2.18. The number of carbonyl (C=O) groups excluding carboxylic acids is 1. The molecule has 0 saturated heterocycles. The maximum atomic E-state index is 12.0. The molecule has 0 aliphatic heterocycles. The zero-order valence-electron chi connectivity index (χ0n) is 10.4. The average molecular weight is 232 g/mol. The Morgan fingerprint density at radius 3 is 2.82 bits per heavy atom. The second-order valence-electron chi connectivity index (χ2n) is 5.08. The fourth-order valence-corrected chi connectivity index (χ4v) is 2.45. The molecule has 1 aromatic rings. The van der Waals surface area contributed by atoms with Gasteiger partial charge in [0.15, 0.2) is 0 Å². The SMILES string of the molecule is CC(N)CC(C)NC(=O)C1Cc2ccccc21. The molecule has 1 aliphatic rings. The third kappa shape index (κ3) is 2.67. The van der Waals surface area contributed by atoms with Crippen LogP contribution in [0.15, 0.2) is 24.3 Å². The molecule has 0 saturated carbocycles. The molecule has 2 rings (SSSR count). The lowest BCUT2D eigenvalue weighted by molar-refractivity contribution is -0.123. The standard InChI is InChI=1S/C14H20N2O/c1-9(15)7-10(2)16-14(17)13-8-11-5-3-4-6-12(11)13/h3-6,9-10,13H,7-8,15H2,1-2H3,(H,16,17). The van der Waals surface area contributed by atoms with Gasteiger partial charge in [-0.15, -0.1) is 0 Å². The van der Waals surface area contributed by atoms with Crippen molar-refractivity contribution in [1.29, 1.82) is 0 Å². The summed E-state index contributed by atoms with van der Waals surface area (Å²) in [6.45, 7) is 3.97. The molecule has 0 heterocycles. The first-order chi connectivity index (χ1) is 8.08. The van der Waals surface area contributed by atoms with Crippen LogP contribution in [0.3, 0.4) is 0 Å². The summed E-state index contributed by atoms with van der Waals surface area (Å²) in [7, 11) is 0. The molecule has 1 aliphatic carbocycles. The van der Waals surface area contributed by atoms with Gasteiger partial charge in [0.05, 0.1) is 5.92 Å². The van der Waals surface area contributed by atoms with E-state index in [1.165, 1.54) is 11.1 Å². The fourth-order valence-electron chi connectivity index (χ4n) is 2.45. The molecule has 3 atom stereocenters. The van der Waals surface area contributed by atoms with E-state index >= 15 is 0 Å². The van der Waals surface area contributed by atoms with Crippen molar-refractivity contribution in [2.75, 3.05) is 0 Å². The van der Waals surface area contributed by atoms with E-state index in [1.807, 2.05) is 32.0 Å². The van der Waals surface area contributed by atoms with Crippen LogP contribution in [-0.2, 0) is 11.2 Å². The van der Waals surface area contributed by atoms with Crippen LogP contribution >= 0.6 is 0 Å². The topological polar surface area (TPSA) is 55.1 Å². The Hall–Kier alpha value is -1.35. The summed E-state index contributed by atoms with van der Waals surface area (Å²) in [5, 5.41) is 3.04. The Kier molecular flexibility index (Phi) is 3.48. The van der Waals surface area contributed by atoms with Crippen molar-refractivity contribution in [3.63, 3.8) is 0 Å². The maximum absolute atomic E-state index is 12.0. The van der Waals surface area contributed by atoms with Crippen molar-refractivity contribution >= 4 is 5.91 Å². The van der Waals surface area contributed by atoms with E-state index in [0.29, 0.717) is 0 Å². The van der Waals surface area contributed by atoms with Crippen LogP contribution in [0.5, 0.6) is 0 Å². The van der Waals surface area contributed by atoms with Crippen molar-refractivity contribution in [1.82, 2.24) is 5.32 Å². The van der Waals surface area contributed by atoms with Gasteiger partial charge >= 0.3 is 0 Å². The number of benzene rings is 1. The molecule has 0 fully saturated rings. The second-order valence-corrected chi connectivity index (χ2v) is 5.08. The highest BCUT2D eigenvalue weighted by atomic mass is 16.2. The number of hydrogen-bond donors (Lipinski definition) is 2. The van der Waals surface area contributed by atoms with Crippen LogP contribution in [0.25, 0.3) is 0 Å². The van der Waals surface area contributed by atoms with Crippen molar-refractivity contribution in [2.24, 2.45) is 5.73 Å². The predicted molar refractivity (Wildman–Crippen MR) is 68.8 cm³/mol. The summed E-state index contributed by atoms with van der Waals surface area (Å²) >= 11 is 0. The van der Waals surface area contributed by atoms with E-state index in [2.05, 4.69) is 11.4 Å². The maximum Gasteiger partial charge on any atom is 0.228 e. The first kappa shape index (κ1) is 12.1. The Labute approximate surface area is 102 Å².